The molecule has 0 bridgehead atoms. The lowest BCUT2D eigenvalue weighted by atomic mass is 10.5. The predicted molar refractivity (Wildman–Crippen MR) is 35.3 cm³/mol. The number of hydrogen-bond acceptors (Lipinski definition) is 3. The summed E-state index contributed by atoms with van der Waals surface area (Å²) in [4.78, 5) is 15.8. The number of imidazole rings is 1. The van der Waals surface area contributed by atoms with Gasteiger partial charge in [-0.1, -0.05) is 11.6 Å². The molecule has 5 nitrogen and oxygen atoms in total. The van der Waals surface area contributed by atoms with E-state index in [9.17, 15) is 4.79 Å². The molecule has 0 saturated heterocycles. The van der Waals surface area contributed by atoms with Gasteiger partial charge >= 0.3 is 5.97 Å². The second kappa shape index (κ2) is 2.60. The van der Waals surface area contributed by atoms with Gasteiger partial charge in [0.05, 0.1) is 0 Å². The van der Waals surface area contributed by atoms with E-state index in [0.717, 1.165) is 0 Å². The highest BCUT2D eigenvalue weighted by atomic mass is 35.5. The maximum absolute atomic E-state index is 10.2. The van der Waals surface area contributed by atoms with Crippen molar-refractivity contribution in [3.05, 3.63) is 16.7 Å². The number of rotatable bonds is 1. The van der Waals surface area contributed by atoms with Crippen molar-refractivity contribution in [1.29, 1.82) is 5.26 Å². The number of aromatic carboxylic acids is 1. The van der Waals surface area contributed by atoms with Crippen molar-refractivity contribution in [3.8, 4) is 6.07 Å². The van der Waals surface area contributed by atoms with Gasteiger partial charge in [-0.25, -0.2) is 9.78 Å². The third-order valence-corrected chi connectivity index (χ3v) is 1.24. The Balaban J connectivity index is 3.18. The molecule has 2 N–H and O–H groups in total. The van der Waals surface area contributed by atoms with Gasteiger partial charge in [-0.3, -0.25) is 0 Å². The number of aromatic amines is 1. The van der Waals surface area contributed by atoms with Crippen molar-refractivity contribution < 1.29 is 9.90 Å². The second-order valence-electron chi connectivity index (χ2n) is 1.66. The van der Waals surface area contributed by atoms with E-state index in [-0.39, 0.29) is 16.7 Å². The number of hydrogen-bond donors (Lipinski definition) is 2. The molecule has 0 spiro atoms. The molecule has 11 heavy (non-hydrogen) atoms. The molecule has 0 unspecified atom stereocenters. The highest BCUT2D eigenvalue weighted by Crippen LogP contribution is 2.10. The van der Waals surface area contributed by atoms with Crippen LogP contribution in [0.2, 0.25) is 5.15 Å². The fourth-order valence-corrected chi connectivity index (χ4v) is 0.701. The lowest BCUT2D eigenvalue weighted by Crippen LogP contribution is -1.98. The highest BCUT2D eigenvalue weighted by Gasteiger charge is 2.12. The van der Waals surface area contributed by atoms with Gasteiger partial charge < -0.3 is 10.1 Å². The Hall–Kier alpha value is -1.54. The van der Waals surface area contributed by atoms with Crippen LogP contribution in [0.5, 0.6) is 0 Å². The van der Waals surface area contributed by atoms with Gasteiger partial charge in [-0.2, -0.15) is 5.26 Å². The molecule has 0 aliphatic rings. The Morgan fingerprint density at radius 2 is 2.45 bits per heavy atom. The molecule has 0 atom stereocenters. The van der Waals surface area contributed by atoms with E-state index in [0.29, 0.717) is 0 Å². The van der Waals surface area contributed by atoms with Gasteiger partial charge in [0.15, 0.2) is 5.69 Å². The Bertz CT molecular complexity index is 338. The molecule has 0 aliphatic carbocycles. The summed E-state index contributed by atoms with van der Waals surface area (Å²) in [6.07, 6.45) is 0. The van der Waals surface area contributed by atoms with Gasteiger partial charge in [-0.05, 0) is 0 Å². The molecular formula is C5H2ClN3O2. The number of halogens is 1. The van der Waals surface area contributed by atoms with Crippen molar-refractivity contribution in [3.63, 3.8) is 0 Å². The van der Waals surface area contributed by atoms with Crippen molar-refractivity contribution in [2.45, 2.75) is 0 Å². The Labute approximate surface area is 66.2 Å². The van der Waals surface area contributed by atoms with Gasteiger partial charge in [0.25, 0.3) is 0 Å². The second-order valence-corrected chi connectivity index (χ2v) is 2.04. The molecule has 0 radical (unpaired) electrons. The smallest absolute Gasteiger partial charge is 0.371 e. The van der Waals surface area contributed by atoms with Gasteiger partial charge in [-0.15, -0.1) is 0 Å². The number of nitrogens with zero attached hydrogens (tertiary/aromatic N) is 2. The summed E-state index contributed by atoms with van der Waals surface area (Å²) in [5, 5.41) is 16.6. The zero-order valence-electron chi connectivity index (χ0n) is 5.13. The predicted octanol–water partition coefficient (Wildman–Crippen LogP) is 0.633. The average Bonchev–Trinajstić information content (AvgIpc) is 2.31. The molecule has 0 amide bonds. The largest absolute Gasteiger partial charge is 0.475 e. The number of aromatic nitrogens is 2. The average molecular weight is 172 g/mol. The zero-order valence-corrected chi connectivity index (χ0v) is 5.88. The van der Waals surface area contributed by atoms with E-state index in [2.05, 4.69) is 9.97 Å². The number of H-pyrrole nitrogens is 1. The van der Waals surface area contributed by atoms with E-state index in [4.69, 9.17) is 22.0 Å². The van der Waals surface area contributed by atoms with E-state index in [1.165, 1.54) is 0 Å². The molecule has 1 rings (SSSR count). The molecular weight excluding hydrogens is 170 g/mol. The van der Waals surface area contributed by atoms with Crippen LogP contribution in [0.25, 0.3) is 0 Å². The molecule has 56 valence electrons. The van der Waals surface area contributed by atoms with Crippen LogP contribution in [0.15, 0.2) is 0 Å². The summed E-state index contributed by atoms with van der Waals surface area (Å²) < 4.78 is 0. The van der Waals surface area contributed by atoms with Crippen LogP contribution in [0.1, 0.15) is 16.3 Å². The summed E-state index contributed by atoms with van der Waals surface area (Å²) in [5.41, 5.74) is -0.107. The molecule has 0 fully saturated rings. The van der Waals surface area contributed by atoms with Gasteiger partial charge in [0, 0.05) is 0 Å². The first kappa shape index (κ1) is 7.57. The lowest BCUT2D eigenvalue weighted by Gasteiger charge is -1.80. The molecule has 0 saturated carbocycles. The summed E-state index contributed by atoms with van der Waals surface area (Å²) in [6.45, 7) is 0. The number of carbonyl (C=O) groups is 1. The first-order valence-corrected chi connectivity index (χ1v) is 2.92. The van der Waals surface area contributed by atoms with E-state index in [1.807, 2.05) is 0 Å². The first-order chi connectivity index (χ1) is 5.15. The summed E-state index contributed by atoms with van der Waals surface area (Å²) in [7, 11) is 0. The third kappa shape index (κ3) is 1.30. The van der Waals surface area contributed by atoms with Crippen molar-refractivity contribution in [2.24, 2.45) is 0 Å². The third-order valence-electron chi connectivity index (χ3n) is 0.968. The summed E-state index contributed by atoms with van der Waals surface area (Å²) in [5.74, 6) is -1.57. The van der Waals surface area contributed by atoms with Crippen molar-refractivity contribution >= 4 is 17.6 Å². The highest BCUT2D eigenvalue weighted by molar-refractivity contribution is 6.30. The van der Waals surface area contributed by atoms with Crippen LogP contribution in [0.4, 0.5) is 0 Å². The quantitative estimate of drug-likeness (QED) is 0.649. The normalized spacial score (nSPS) is 9.09. The van der Waals surface area contributed by atoms with Gasteiger partial charge in [0.2, 0.25) is 5.82 Å². The zero-order chi connectivity index (χ0) is 8.43. The van der Waals surface area contributed by atoms with Gasteiger partial charge in [0.1, 0.15) is 11.2 Å². The topological polar surface area (TPSA) is 89.8 Å². The standard InChI is InChI=1S/C5H2ClN3O2/c6-3-2(1-7)8-4(9-3)5(10)11/h(H,8,9)(H,10,11). The monoisotopic (exact) mass is 171 g/mol. The fourth-order valence-electron chi connectivity index (χ4n) is 0.527. The van der Waals surface area contributed by atoms with E-state index >= 15 is 0 Å². The Kier molecular flexibility index (Phi) is 1.79. The van der Waals surface area contributed by atoms with E-state index in [1.54, 1.807) is 6.07 Å². The van der Waals surface area contributed by atoms with Crippen LogP contribution >= 0.6 is 11.6 Å². The Morgan fingerprint density at radius 3 is 2.73 bits per heavy atom. The lowest BCUT2D eigenvalue weighted by molar-refractivity contribution is 0.0684. The molecule has 1 heterocycles. The van der Waals surface area contributed by atoms with Crippen LogP contribution in [0, 0.1) is 11.3 Å². The Morgan fingerprint density at radius 1 is 1.82 bits per heavy atom. The summed E-state index contributed by atoms with van der Waals surface area (Å²) >= 11 is 5.39. The van der Waals surface area contributed by atoms with Crippen LogP contribution < -0.4 is 0 Å². The number of nitrogens with one attached hydrogen (secondary N) is 1. The minimum atomic E-state index is -1.24. The molecule has 6 heteroatoms. The van der Waals surface area contributed by atoms with Crippen molar-refractivity contribution in [2.75, 3.05) is 0 Å². The van der Waals surface area contributed by atoms with E-state index < -0.39 is 5.97 Å². The molecule has 1 aromatic rings. The fraction of sp³-hybridized carbons (Fsp3) is 0. The first-order valence-electron chi connectivity index (χ1n) is 2.54. The number of carboxylic acid groups (broad SMARTS) is 1. The maximum Gasteiger partial charge on any atom is 0.371 e. The number of nitriles is 1. The molecule has 0 aliphatic heterocycles. The molecule has 1 aromatic heterocycles. The maximum atomic E-state index is 10.2. The van der Waals surface area contributed by atoms with Crippen LogP contribution in [-0.2, 0) is 0 Å². The van der Waals surface area contributed by atoms with Crippen molar-refractivity contribution in [1.82, 2.24) is 9.97 Å². The minimum absolute atomic E-state index is 0.0510. The van der Waals surface area contributed by atoms with Crippen LogP contribution in [0.3, 0.4) is 0 Å². The number of carboxylic acids is 1. The molecule has 0 aromatic carbocycles. The summed E-state index contributed by atoms with van der Waals surface area (Å²) in [6, 6.07) is 1.63. The minimum Gasteiger partial charge on any atom is -0.475 e. The SMILES string of the molecule is N#Cc1nc(C(=O)O)[nH]c1Cl. The van der Waals surface area contributed by atoms with Crippen LogP contribution in [-0.4, -0.2) is 21.0 Å².